The summed E-state index contributed by atoms with van der Waals surface area (Å²) in [7, 11) is -5.71. The third-order valence-electron chi connectivity index (χ3n) is 0.996. The quantitative estimate of drug-likeness (QED) is 0.622. The van der Waals surface area contributed by atoms with Gasteiger partial charge in [-0.2, -0.15) is 0 Å². The van der Waals surface area contributed by atoms with Crippen LogP contribution >= 0.6 is 7.91 Å². The first-order valence-corrected chi connectivity index (χ1v) is 5.64. The van der Waals surface area contributed by atoms with Crippen molar-refractivity contribution in [3.05, 3.63) is 0 Å². The van der Waals surface area contributed by atoms with E-state index in [1.54, 1.807) is 0 Å². The Bertz CT molecular complexity index is 119. The van der Waals surface area contributed by atoms with E-state index in [-0.39, 0.29) is 19.8 Å². The van der Waals surface area contributed by atoms with Crippen LogP contribution in [0.2, 0.25) is 0 Å². The minimum atomic E-state index is -5.71. The van der Waals surface area contributed by atoms with Crippen LogP contribution in [0, 0.1) is 0 Å². The monoisotopic (exact) mass is 204 g/mol. The van der Waals surface area contributed by atoms with Gasteiger partial charge < -0.3 is 0 Å². The first-order valence-electron chi connectivity index (χ1n) is 3.87. The molecule has 0 aliphatic heterocycles. The number of hydrogen-bond acceptors (Lipinski definition) is 3. The van der Waals surface area contributed by atoms with Gasteiger partial charge in [0, 0.05) is 0 Å². The number of halogens is 2. The van der Waals surface area contributed by atoms with Gasteiger partial charge in [-0.1, -0.05) is 0 Å². The second-order valence-corrected chi connectivity index (χ2v) is 4.13. The van der Waals surface area contributed by atoms with Gasteiger partial charge >= 0.3 is 70.5 Å². The molecule has 76 valence electrons. The number of rotatable bonds is 6. The Balaban J connectivity index is 4.31. The predicted octanol–water partition coefficient (Wildman–Crippen LogP) is 3.16. The first kappa shape index (κ1) is 12.2. The van der Waals surface area contributed by atoms with Crippen LogP contribution in [0.5, 0.6) is 0 Å². The Morgan fingerprint density at radius 1 is 0.833 bits per heavy atom. The molecule has 0 unspecified atom stereocenters. The Morgan fingerprint density at radius 2 is 1.08 bits per heavy atom. The molecule has 0 aromatic heterocycles. The molecule has 0 aliphatic rings. The molecule has 12 heavy (non-hydrogen) atoms. The molecular weight excluding hydrogens is 189 g/mol. The Morgan fingerprint density at radius 3 is 1.25 bits per heavy atom. The molecule has 0 bridgehead atoms. The summed E-state index contributed by atoms with van der Waals surface area (Å²) >= 11 is 0. The third kappa shape index (κ3) is 3.72. The Kier molecular flexibility index (Phi) is 4.48. The van der Waals surface area contributed by atoms with E-state index in [0.717, 1.165) is 0 Å². The van der Waals surface area contributed by atoms with Gasteiger partial charge in [-0.25, -0.2) is 0 Å². The standard InChI is InChI=1S/C6H15F2O3P/c1-4-9-12(7,8,10-5-2)11-6-3/h4-6H2,1-3H3. The second-order valence-electron chi connectivity index (χ2n) is 1.95. The average Bonchev–Trinajstić information content (AvgIpc) is 1.86. The molecule has 0 radical (unpaired) electrons. The average molecular weight is 204 g/mol. The van der Waals surface area contributed by atoms with Crippen molar-refractivity contribution in [1.29, 1.82) is 0 Å². The van der Waals surface area contributed by atoms with Gasteiger partial charge in [0.05, 0.1) is 0 Å². The Labute approximate surface area is 71.4 Å². The van der Waals surface area contributed by atoms with E-state index in [4.69, 9.17) is 0 Å². The summed E-state index contributed by atoms with van der Waals surface area (Å²) in [5.74, 6) is 0. The van der Waals surface area contributed by atoms with E-state index >= 15 is 0 Å². The maximum atomic E-state index is 13.3. The fourth-order valence-corrected chi connectivity index (χ4v) is 2.16. The molecule has 3 nitrogen and oxygen atoms in total. The molecule has 0 aromatic rings. The van der Waals surface area contributed by atoms with Gasteiger partial charge in [0.2, 0.25) is 0 Å². The molecule has 0 saturated carbocycles. The summed E-state index contributed by atoms with van der Waals surface area (Å²) in [5, 5.41) is 0. The fourth-order valence-electron chi connectivity index (χ4n) is 0.721. The van der Waals surface area contributed by atoms with E-state index in [2.05, 4.69) is 13.6 Å². The molecule has 0 aliphatic carbocycles. The van der Waals surface area contributed by atoms with E-state index in [9.17, 15) is 8.39 Å². The van der Waals surface area contributed by atoms with Crippen molar-refractivity contribution >= 4 is 7.91 Å². The van der Waals surface area contributed by atoms with Crippen molar-refractivity contribution in [3.8, 4) is 0 Å². The van der Waals surface area contributed by atoms with E-state index in [1.165, 1.54) is 20.8 Å². The van der Waals surface area contributed by atoms with Crippen molar-refractivity contribution in [2.45, 2.75) is 20.8 Å². The van der Waals surface area contributed by atoms with Crippen LogP contribution in [0.1, 0.15) is 20.8 Å². The molecular formula is C6H15F2O3P. The predicted molar refractivity (Wildman–Crippen MR) is 44.0 cm³/mol. The van der Waals surface area contributed by atoms with Gasteiger partial charge in [-0.3, -0.25) is 0 Å². The van der Waals surface area contributed by atoms with Gasteiger partial charge in [0.1, 0.15) is 0 Å². The minimum absolute atomic E-state index is 0.120. The van der Waals surface area contributed by atoms with Crippen molar-refractivity contribution < 1.29 is 22.0 Å². The molecule has 0 spiro atoms. The van der Waals surface area contributed by atoms with E-state index in [0.29, 0.717) is 0 Å². The van der Waals surface area contributed by atoms with Crippen molar-refractivity contribution in [2.24, 2.45) is 0 Å². The topological polar surface area (TPSA) is 27.7 Å². The molecule has 6 heteroatoms. The third-order valence-corrected chi connectivity index (χ3v) is 2.99. The molecule has 0 aromatic carbocycles. The van der Waals surface area contributed by atoms with Crippen molar-refractivity contribution in [3.63, 3.8) is 0 Å². The van der Waals surface area contributed by atoms with Crippen LogP contribution in [-0.2, 0) is 13.6 Å². The first-order chi connectivity index (χ1) is 5.46. The van der Waals surface area contributed by atoms with Crippen LogP contribution in [0.3, 0.4) is 0 Å². The zero-order valence-electron chi connectivity index (χ0n) is 7.55. The maximum absolute atomic E-state index is 13.3. The van der Waals surface area contributed by atoms with Crippen LogP contribution in [0.4, 0.5) is 8.39 Å². The van der Waals surface area contributed by atoms with E-state index < -0.39 is 7.91 Å². The Hall–Kier alpha value is 0.170. The summed E-state index contributed by atoms with van der Waals surface area (Å²) < 4.78 is 39.3. The van der Waals surface area contributed by atoms with Crippen LogP contribution in [-0.4, -0.2) is 19.8 Å². The molecule has 0 fully saturated rings. The molecule has 0 saturated heterocycles. The number of hydrogen-bond donors (Lipinski definition) is 0. The zero-order valence-corrected chi connectivity index (χ0v) is 8.44. The summed E-state index contributed by atoms with van der Waals surface area (Å²) in [5.41, 5.74) is 0. The van der Waals surface area contributed by atoms with Gasteiger partial charge in [0.25, 0.3) is 0 Å². The van der Waals surface area contributed by atoms with E-state index in [1.807, 2.05) is 0 Å². The fraction of sp³-hybridized carbons (Fsp3) is 1.00. The molecule has 0 heterocycles. The second kappa shape index (κ2) is 4.42. The zero-order chi connectivity index (χ0) is 9.69. The molecule has 0 atom stereocenters. The van der Waals surface area contributed by atoms with Gasteiger partial charge in [-0.05, 0) is 0 Å². The van der Waals surface area contributed by atoms with Crippen LogP contribution in [0.15, 0.2) is 0 Å². The molecule has 0 N–H and O–H groups in total. The van der Waals surface area contributed by atoms with Crippen molar-refractivity contribution in [2.75, 3.05) is 19.8 Å². The van der Waals surface area contributed by atoms with Crippen molar-refractivity contribution in [1.82, 2.24) is 0 Å². The summed E-state index contributed by atoms with van der Waals surface area (Å²) in [4.78, 5) is 0. The van der Waals surface area contributed by atoms with Gasteiger partial charge in [0.15, 0.2) is 0 Å². The molecule has 0 rings (SSSR count). The van der Waals surface area contributed by atoms with Crippen LogP contribution in [0.25, 0.3) is 0 Å². The normalized spacial score (nSPS) is 15.6. The summed E-state index contributed by atoms with van der Waals surface area (Å²) in [6.07, 6.45) is 0. The summed E-state index contributed by atoms with van der Waals surface area (Å²) in [6.45, 7) is 4.05. The van der Waals surface area contributed by atoms with Crippen LogP contribution < -0.4 is 0 Å². The molecule has 0 amide bonds. The SMILES string of the molecule is CCOP(F)(F)(OCC)OCC. The summed E-state index contributed by atoms with van der Waals surface area (Å²) in [6, 6.07) is 0. The van der Waals surface area contributed by atoms with Gasteiger partial charge in [-0.15, -0.1) is 0 Å².